The van der Waals surface area contributed by atoms with E-state index in [0.717, 1.165) is 12.3 Å². The molecular formula is C8H10Cl2N2OS. The van der Waals surface area contributed by atoms with Gasteiger partial charge in [0.2, 0.25) is 5.91 Å². The third kappa shape index (κ3) is 1.64. The second kappa shape index (κ2) is 3.29. The molecule has 1 saturated carbocycles. The van der Waals surface area contributed by atoms with Crippen molar-refractivity contribution in [1.29, 1.82) is 0 Å². The van der Waals surface area contributed by atoms with E-state index in [0.29, 0.717) is 11.6 Å². The maximum absolute atomic E-state index is 11.7. The predicted molar refractivity (Wildman–Crippen MR) is 60.1 cm³/mol. The molecular weight excluding hydrogens is 243 g/mol. The molecule has 6 heteroatoms. The van der Waals surface area contributed by atoms with Crippen LogP contribution in [0.1, 0.15) is 13.3 Å². The van der Waals surface area contributed by atoms with E-state index in [1.54, 1.807) is 18.7 Å². The van der Waals surface area contributed by atoms with E-state index >= 15 is 0 Å². The second-order valence-electron chi connectivity index (χ2n) is 3.70. The van der Waals surface area contributed by atoms with Crippen LogP contribution in [0.5, 0.6) is 0 Å². The quantitative estimate of drug-likeness (QED) is 0.724. The largest absolute Gasteiger partial charge is 0.305 e. The monoisotopic (exact) mass is 252 g/mol. The number of amidine groups is 1. The van der Waals surface area contributed by atoms with Crippen molar-refractivity contribution in [3.8, 4) is 0 Å². The molecule has 1 heterocycles. The zero-order valence-electron chi connectivity index (χ0n) is 7.64. The lowest BCUT2D eigenvalue weighted by atomic mass is 10.1. The first-order valence-corrected chi connectivity index (χ1v) is 6.06. The van der Waals surface area contributed by atoms with Crippen LogP contribution in [-0.4, -0.2) is 27.7 Å². The highest BCUT2D eigenvalue weighted by molar-refractivity contribution is 8.14. The van der Waals surface area contributed by atoms with Crippen LogP contribution in [0.15, 0.2) is 4.99 Å². The van der Waals surface area contributed by atoms with Crippen molar-refractivity contribution in [3.63, 3.8) is 0 Å². The van der Waals surface area contributed by atoms with E-state index in [9.17, 15) is 4.79 Å². The first kappa shape index (κ1) is 10.6. The van der Waals surface area contributed by atoms with E-state index in [-0.39, 0.29) is 5.91 Å². The van der Waals surface area contributed by atoms with Crippen molar-refractivity contribution in [1.82, 2.24) is 5.32 Å². The summed E-state index contributed by atoms with van der Waals surface area (Å²) in [7, 11) is 0. The van der Waals surface area contributed by atoms with Crippen LogP contribution in [0.4, 0.5) is 0 Å². The second-order valence-corrected chi connectivity index (χ2v) is 6.27. The molecule has 1 amide bonds. The summed E-state index contributed by atoms with van der Waals surface area (Å²) in [6, 6.07) is 0. The van der Waals surface area contributed by atoms with E-state index in [1.807, 2.05) is 0 Å². The van der Waals surface area contributed by atoms with Crippen LogP contribution >= 0.6 is 35.0 Å². The smallest absolute Gasteiger partial charge is 0.235 e. The fourth-order valence-electron chi connectivity index (χ4n) is 1.29. The van der Waals surface area contributed by atoms with Crippen LogP contribution in [0.2, 0.25) is 0 Å². The summed E-state index contributed by atoms with van der Waals surface area (Å²) >= 11 is 13.3. The number of halogens is 2. The van der Waals surface area contributed by atoms with Crippen LogP contribution in [0, 0.1) is 5.41 Å². The van der Waals surface area contributed by atoms with Crippen molar-refractivity contribution in [2.24, 2.45) is 10.4 Å². The molecule has 2 aliphatic rings. The minimum atomic E-state index is -0.902. The minimum Gasteiger partial charge on any atom is -0.305 e. The maximum Gasteiger partial charge on any atom is 0.235 e. The number of alkyl halides is 2. The van der Waals surface area contributed by atoms with Crippen LogP contribution in [0.25, 0.3) is 0 Å². The Balaban J connectivity index is 1.97. The van der Waals surface area contributed by atoms with Gasteiger partial charge in [0.1, 0.15) is 4.33 Å². The lowest BCUT2D eigenvalue weighted by Crippen LogP contribution is -2.35. The van der Waals surface area contributed by atoms with Crippen molar-refractivity contribution in [2.75, 3.05) is 12.3 Å². The number of carbonyl (C=O) groups excluding carboxylic acids is 1. The molecule has 2 rings (SSSR count). The van der Waals surface area contributed by atoms with E-state index < -0.39 is 9.75 Å². The summed E-state index contributed by atoms with van der Waals surface area (Å²) in [5, 5.41) is 3.43. The molecule has 1 N–H and O–H groups in total. The highest BCUT2D eigenvalue weighted by atomic mass is 35.5. The van der Waals surface area contributed by atoms with Gasteiger partial charge < -0.3 is 5.32 Å². The summed E-state index contributed by atoms with van der Waals surface area (Å²) in [5.74, 6) is 0.801. The molecule has 0 spiro atoms. The SMILES string of the molecule is C[C@]1(C(=O)NC2=NCCS2)CC1(Cl)Cl. The molecule has 0 unspecified atom stereocenters. The van der Waals surface area contributed by atoms with Gasteiger partial charge >= 0.3 is 0 Å². The molecule has 0 aromatic rings. The van der Waals surface area contributed by atoms with E-state index in [2.05, 4.69) is 10.3 Å². The number of carbonyl (C=O) groups is 1. The third-order valence-corrected chi connectivity index (χ3v) is 4.56. The zero-order chi connectivity index (χ0) is 10.4. The summed E-state index contributed by atoms with van der Waals surface area (Å²) in [4.78, 5) is 15.9. The fraction of sp³-hybridized carbons (Fsp3) is 0.750. The lowest BCUT2D eigenvalue weighted by molar-refractivity contribution is -0.124. The maximum atomic E-state index is 11.7. The number of thioether (sulfide) groups is 1. The van der Waals surface area contributed by atoms with Crippen molar-refractivity contribution < 1.29 is 4.79 Å². The highest BCUT2D eigenvalue weighted by Gasteiger charge is 2.68. The van der Waals surface area contributed by atoms with Gasteiger partial charge in [-0.25, -0.2) is 0 Å². The Kier molecular flexibility index (Phi) is 2.48. The first-order valence-electron chi connectivity index (χ1n) is 4.32. The molecule has 1 atom stereocenters. The highest BCUT2D eigenvalue weighted by Crippen LogP contribution is 2.63. The average molecular weight is 253 g/mol. The molecule has 78 valence electrons. The normalized spacial score (nSPS) is 33.8. The number of hydrogen-bond acceptors (Lipinski definition) is 3. The molecule has 1 aliphatic carbocycles. The summed E-state index contributed by atoms with van der Waals surface area (Å²) in [6.45, 7) is 2.53. The summed E-state index contributed by atoms with van der Waals surface area (Å²) < 4.78 is -0.902. The van der Waals surface area contributed by atoms with Gasteiger partial charge in [-0.3, -0.25) is 9.79 Å². The Bertz CT molecular complexity index is 318. The van der Waals surface area contributed by atoms with Crippen LogP contribution in [0.3, 0.4) is 0 Å². The molecule has 14 heavy (non-hydrogen) atoms. The van der Waals surface area contributed by atoms with Crippen molar-refractivity contribution >= 4 is 46.0 Å². The lowest BCUT2D eigenvalue weighted by Gasteiger charge is -2.11. The van der Waals surface area contributed by atoms with E-state index in [4.69, 9.17) is 23.2 Å². The number of nitrogens with zero attached hydrogens (tertiary/aromatic N) is 1. The molecule has 0 saturated heterocycles. The molecule has 1 aliphatic heterocycles. The predicted octanol–water partition coefficient (Wildman–Crippen LogP) is 1.79. The van der Waals surface area contributed by atoms with Crippen LogP contribution < -0.4 is 5.32 Å². The van der Waals surface area contributed by atoms with Crippen molar-refractivity contribution in [2.45, 2.75) is 17.7 Å². The number of amides is 1. The van der Waals surface area contributed by atoms with Gasteiger partial charge in [0.25, 0.3) is 0 Å². The molecule has 0 bridgehead atoms. The molecule has 0 radical (unpaired) electrons. The van der Waals surface area contributed by atoms with Gasteiger partial charge in [0.05, 0.1) is 12.0 Å². The third-order valence-electron chi connectivity index (χ3n) is 2.56. The molecule has 3 nitrogen and oxygen atoms in total. The molecule has 1 fully saturated rings. The Morgan fingerprint density at radius 1 is 1.64 bits per heavy atom. The number of nitrogens with one attached hydrogen (secondary N) is 1. The number of rotatable bonds is 1. The standard InChI is InChI=1S/C8H10Cl2N2OS/c1-7(4-8(7,9)10)5(13)12-6-11-2-3-14-6/h2-4H2,1H3,(H,11,12,13)/t7-/m1/s1. The topological polar surface area (TPSA) is 41.5 Å². The van der Waals surface area contributed by atoms with Gasteiger partial charge in [-0.2, -0.15) is 0 Å². The summed E-state index contributed by atoms with van der Waals surface area (Å²) in [6.07, 6.45) is 0.507. The van der Waals surface area contributed by atoms with Crippen molar-refractivity contribution in [3.05, 3.63) is 0 Å². The Labute approximate surface area is 96.6 Å². The molecule has 0 aromatic carbocycles. The van der Waals surface area contributed by atoms with Gasteiger partial charge in [-0.1, -0.05) is 11.8 Å². The Morgan fingerprint density at radius 2 is 2.29 bits per heavy atom. The molecule has 0 aromatic heterocycles. The van der Waals surface area contributed by atoms with Gasteiger partial charge in [0.15, 0.2) is 5.17 Å². The number of hydrogen-bond donors (Lipinski definition) is 1. The van der Waals surface area contributed by atoms with Gasteiger partial charge in [-0.05, 0) is 13.3 Å². The fourth-order valence-corrected chi connectivity index (χ4v) is 2.72. The average Bonchev–Trinajstić information content (AvgIpc) is 2.54. The van der Waals surface area contributed by atoms with Gasteiger partial charge in [-0.15, -0.1) is 23.2 Å². The minimum absolute atomic E-state index is 0.129. The van der Waals surface area contributed by atoms with Crippen LogP contribution in [-0.2, 0) is 4.79 Å². The Hall–Kier alpha value is 0.0700. The zero-order valence-corrected chi connectivity index (χ0v) is 9.97. The van der Waals surface area contributed by atoms with E-state index in [1.165, 1.54) is 0 Å². The Morgan fingerprint density at radius 3 is 2.71 bits per heavy atom. The summed E-state index contributed by atoms with van der Waals surface area (Å²) in [5.41, 5.74) is -0.651. The number of aliphatic imine (C=N–C) groups is 1. The van der Waals surface area contributed by atoms with Gasteiger partial charge in [0, 0.05) is 5.75 Å². The first-order chi connectivity index (χ1) is 6.46.